The normalized spacial score (nSPS) is 12.9. The van der Waals surface area contributed by atoms with Gasteiger partial charge in [-0.2, -0.15) is 11.8 Å². The minimum Gasteiger partial charge on any atom is -0.468 e. The van der Waals surface area contributed by atoms with Crippen molar-refractivity contribution < 1.29 is 4.42 Å². The average molecular weight is 241 g/mol. The van der Waals surface area contributed by atoms with Crippen molar-refractivity contribution in [1.82, 2.24) is 5.32 Å². The van der Waals surface area contributed by atoms with Crippen molar-refractivity contribution in [3.63, 3.8) is 0 Å². The van der Waals surface area contributed by atoms with Gasteiger partial charge in [0, 0.05) is 6.04 Å². The molecule has 2 nitrogen and oxygen atoms in total. The molecule has 0 saturated carbocycles. The zero-order valence-corrected chi connectivity index (χ0v) is 11.2. The largest absolute Gasteiger partial charge is 0.468 e. The molecule has 1 unspecified atom stereocenters. The molecule has 0 bridgehead atoms. The molecule has 0 saturated heterocycles. The van der Waals surface area contributed by atoms with Crippen LogP contribution in [0.3, 0.4) is 0 Å². The predicted octanol–water partition coefficient (Wildman–Crippen LogP) is 3.68. The number of furan rings is 1. The van der Waals surface area contributed by atoms with E-state index in [4.69, 9.17) is 4.42 Å². The van der Waals surface area contributed by atoms with Crippen LogP contribution in [0.25, 0.3) is 0 Å². The molecule has 0 spiro atoms. The van der Waals surface area contributed by atoms with Crippen LogP contribution in [-0.2, 0) is 5.75 Å². The van der Waals surface area contributed by atoms with Crippen molar-refractivity contribution in [3.05, 3.63) is 24.2 Å². The summed E-state index contributed by atoms with van der Waals surface area (Å²) in [6.45, 7) is 5.51. The van der Waals surface area contributed by atoms with E-state index >= 15 is 0 Å². The maximum atomic E-state index is 5.29. The van der Waals surface area contributed by atoms with Gasteiger partial charge in [-0.05, 0) is 43.7 Å². The molecule has 1 N–H and O–H groups in total. The van der Waals surface area contributed by atoms with E-state index in [1.807, 2.05) is 23.9 Å². The summed E-state index contributed by atoms with van der Waals surface area (Å²) in [5, 5.41) is 3.51. The highest BCUT2D eigenvalue weighted by Crippen LogP contribution is 2.15. The fraction of sp³-hybridized carbons (Fsp3) is 0.692. The van der Waals surface area contributed by atoms with Crippen molar-refractivity contribution in [2.24, 2.45) is 0 Å². The van der Waals surface area contributed by atoms with Crippen molar-refractivity contribution in [2.75, 3.05) is 12.3 Å². The maximum Gasteiger partial charge on any atom is 0.113 e. The molecule has 0 aliphatic rings. The summed E-state index contributed by atoms with van der Waals surface area (Å²) in [6, 6.07) is 4.70. The topological polar surface area (TPSA) is 25.2 Å². The maximum absolute atomic E-state index is 5.29. The third-order valence-electron chi connectivity index (χ3n) is 2.65. The summed E-state index contributed by atoms with van der Waals surface area (Å²) < 4.78 is 5.29. The van der Waals surface area contributed by atoms with Crippen LogP contribution in [0.15, 0.2) is 22.8 Å². The van der Waals surface area contributed by atoms with Crippen molar-refractivity contribution in [1.29, 1.82) is 0 Å². The highest BCUT2D eigenvalue weighted by Gasteiger charge is 2.03. The Hall–Kier alpha value is -0.410. The third-order valence-corrected chi connectivity index (χ3v) is 3.72. The van der Waals surface area contributed by atoms with Crippen LogP contribution in [0, 0.1) is 0 Å². The second kappa shape index (κ2) is 8.71. The second-order valence-corrected chi connectivity index (χ2v) is 5.04. The Balaban J connectivity index is 1.98. The van der Waals surface area contributed by atoms with E-state index < -0.39 is 0 Å². The summed E-state index contributed by atoms with van der Waals surface area (Å²) >= 11 is 1.96. The standard InChI is InChI=1S/C13H23NOS/c1-3-12(14-4-2)7-6-10-16-11-13-8-5-9-15-13/h5,8-9,12,14H,3-4,6-7,10-11H2,1-2H3. The minimum atomic E-state index is 0.703. The molecule has 92 valence electrons. The van der Waals surface area contributed by atoms with Crippen LogP contribution in [0.4, 0.5) is 0 Å². The molecule has 0 radical (unpaired) electrons. The first-order valence-electron chi connectivity index (χ1n) is 6.20. The average Bonchev–Trinajstić information content (AvgIpc) is 2.80. The van der Waals surface area contributed by atoms with Gasteiger partial charge in [-0.1, -0.05) is 13.8 Å². The molecule has 0 fully saturated rings. The SMILES string of the molecule is CCNC(CC)CCCSCc1ccco1. The number of thioether (sulfide) groups is 1. The first kappa shape index (κ1) is 13.7. The van der Waals surface area contributed by atoms with Gasteiger partial charge in [0.05, 0.1) is 12.0 Å². The fourth-order valence-corrected chi connectivity index (χ4v) is 2.62. The number of nitrogens with one attached hydrogen (secondary N) is 1. The first-order valence-corrected chi connectivity index (χ1v) is 7.35. The van der Waals surface area contributed by atoms with Crippen LogP contribution in [0.1, 0.15) is 38.9 Å². The van der Waals surface area contributed by atoms with E-state index in [-0.39, 0.29) is 0 Å². The Morgan fingerprint density at radius 3 is 2.94 bits per heavy atom. The van der Waals surface area contributed by atoms with Crippen LogP contribution >= 0.6 is 11.8 Å². The highest BCUT2D eigenvalue weighted by atomic mass is 32.2. The molecule has 0 aliphatic heterocycles. The van der Waals surface area contributed by atoms with Gasteiger partial charge in [-0.25, -0.2) is 0 Å². The summed E-state index contributed by atoms with van der Waals surface area (Å²) in [6.07, 6.45) is 5.55. The molecule has 3 heteroatoms. The summed E-state index contributed by atoms with van der Waals surface area (Å²) in [5.74, 6) is 3.32. The van der Waals surface area contributed by atoms with Crippen LogP contribution in [-0.4, -0.2) is 18.3 Å². The van der Waals surface area contributed by atoms with E-state index in [2.05, 4.69) is 19.2 Å². The predicted molar refractivity (Wildman–Crippen MR) is 71.9 cm³/mol. The first-order chi connectivity index (χ1) is 7.86. The smallest absolute Gasteiger partial charge is 0.113 e. The van der Waals surface area contributed by atoms with Crippen LogP contribution in [0.2, 0.25) is 0 Å². The molecule has 1 atom stereocenters. The van der Waals surface area contributed by atoms with Crippen LogP contribution in [0.5, 0.6) is 0 Å². The van der Waals surface area contributed by atoms with E-state index in [9.17, 15) is 0 Å². The summed E-state index contributed by atoms with van der Waals surface area (Å²) in [7, 11) is 0. The van der Waals surface area contributed by atoms with E-state index in [1.165, 1.54) is 25.0 Å². The molecule has 16 heavy (non-hydrogen) atoms. The highest BCUT2D eigenvalue weighted by molar-refractivity contribution is 7.98. The summed E-state index contributed by atoms with van der Waals surface area (Å²) in [5.41, 5.74) is 0. The molecule has 0 aromatic carbocycles. The van der Waals surface area contributed by atoms with Crippen molar-refractivity contribution in [3.8, 4) is 0 Å². The van der Waals surface area contributed by atoms with Gasteiger partial charge in [0.2, 0.25) is 0 Å². The molecule has 0 aliphatic carbocycles. The number of hydrogen-bond donors (Lipinski definition) is 1. The Morgan fingerprint density at radius 2 is 2.31 bits per heavy atom. The van der Waals surface area contributed by atoms with Gasteiger partial charge < -0.3 is 9.73 Å². The van der Waals surface area contributed by atoms with Crippen LogP contribution < -0.4 is 5.32 Å². The quantitative estimate of drug-likeness (QED) is 0.668. The zero-order chi connectivity index (χ0) is 11.6. The van der Waals surface area contributed by atoms with Gasteiger partial charge >= 0.3 is 0 Å². The molecule has 1 rings (SSSR count). The molecular weight excluding hydrogens is 218 g/mol. The Labute approximate surface area is 103 Å². The second-order valence-electron chi connectivity index (χ2n) is 3.94. The monoisotopic (exact) mass is 241 g/mol. The molecule has 1 heterocycles. The van der Waals surface area contributed by atoms with Gasteiger partial charge in [0.1, 0.15) is 5.76 Å². The number of rotatable bonds is 9. The molecule has 0 amide bonds. The van der Waals surface area contributed by atoms with E-state index in [1.54, 1.807) is 6.26 Å². The Bertz CT molecular complexity index is 248. The zero-order valence-electron chi connectivity index (χ0n) is 10.4. The molecule has 1 aromatic rings. The third kappa shape index (κ3) is 5.61. The lowest BCUT2D eigenvalue weighted by molar-refractivity contribution is 0.477. The lowest BCUT2D eigenvalue weighted by atomic mass is 10.1. The minimum absolute atomic E-state index is 0.703. The van der Waals surface area contributed by atoms with Crippen molar-refractivity contribution in [2.45, 2.75) is 44.9 Å². The van der Waals surface area contributed by atoms with E-state index in [0.717, 1.165) is 18.1 Å². The molecule has 1 aromatic heterocycles. The lowest BCUT2D eigenvalue weighted by Crippen LogP contribution is -2.28. The van der Waals surface area contributed by atoms with Gasteiger partial charge in [-0.3, -0.25) is 0 Å². The van der Waals surface area contributed by atoms with Gasteiger partial charge in [-0.15, -0.1) is 0 Å². The lowest BCUT2D eigenvalue weighted by Gasteiger charge is -2.14. The Kier molecular flexibility index (Phi) is 7.43. The molecular formula is C13H23NOS. The fourth-order valence-electron chi connectivity index (χ4n) is 1.74. The van der Waals surface area contributed by atoms with Gasteiger partial charge in [0.15, 0.2) is 0 Å². The summed E-state index contributed by atoms with van der Waals surface area (Å²) in [4.78, 5) is 0. The Morgan fingerprint density at radius 1 is 1.44 bits per heavy atom. The van der Waals surface area contributed by atoms with E-state index in [0.29, 0.717) is 6.04 Å². The van der Waals surface area contributed by atoms with Crippen molar-refractivity contribution >= 4 is 11.8 Å². The number of hydrogen-bond acceptors (Lipinski definition) is 3. The van der Waals surface area contributed by atoms with Gasteiger partial charge in [0.25, 0.3) is 0 Å².